The van der Waals surface area contributed by atoms with Crippen LogP contribution < -0.4 is 4.74 Å². The number of benzene rings is 1. The third kappa shape index (κ3) is 1.45. The van der Waals surface area contributed by atoms with E-state index in [2.05, 4.69) is 41.5 Å². The minimum Gasteiger partial charge on any atom is -0.487 e. The van der Waals surface area contributed by atoms with Crippen molar-refractivity contribution >= 4 is 0 Å². The van der Waals surface area contributed by atoms with Crippen LogP contribution in [-0.2, 0) is 6.42 Å². The third-order valence-electron chi connectivity index (χ3n) is 3.52. The van der Waals surface area contributed by atoms with Crippen LogP contribution in [0.5, 0.6) is 5.75 Å². The van der Waals surface area contributed by atoms with E-state index in [1.807, 2.05) is 0 Å². The van der Waals surface area contributed by atoms with E-state index in [9.17, 15) is 0 Å². The molecule has 15 heavy (non-hydrogen) atoms. The molecular weight excluding hydrogens is 184 g/mol. The Bertz CT molecular complexity index is 389. The first-order chi connectivity index (χ1) is 6.83. The lowest BCUT2D eigenvalue weighted by molar-refractivity contribution is 0.137. The minimum atomic E-state index is -0.0575. The largest absolute Gasteiger partial charge is 0.487 e. The summed E-state index contributed by atoms with van der Waals surface area (Å²) in [6.07, 6.45) is 0.998. The second-order valence-electron chi connectivity index (χ2n) is 5.20. The fraction of sp³-hybridized carbons (Fsp3) is 0.500. The fourth-order valence-corrected chi connectivity index (χ4v) is 2.35. The molecule has 0 unspecified atom stereocenters. The molecule has 0 spiro atoms. The fourth-order valence-electron chi connectivity index (χ4n) is 2.35. The molecule has 0 aromatic heterocycles. The van der Waals surface area contributed by atoms with Gasteiger partial charge in [0.15, 0.2) is 0 Å². The van der Waals surface area contributed by atoms with Crippen LogP contribution in [0.4, 0.5) is 0 Å². The molecule has 0 saturated carbocycles. The first-order valence-corrected chi connectivity index (χ1v) is 5.47. The molecule has 1 heterocycles. The van der Waals surface area contributed by atoms with E-state index in [4.69, 9.17) is 4.74 Å². The van der Waals surface area contributed by atoms with Gasteiger partial charge in [-0.25, -0.2) is 0 Å². The van der Waals surface area contributed by atoms with Crippen molar-refractivity contribution in [2.45, 2.75) is 46.6 Å². The Morgan fingerprint density at radius 3 is 2.27 bits per heavy atom. The number of hydrogen-bond donors (Lipinski definition) is 0. The van der Waals surface area contributed by atoms with E-state index in [-0.39, 0.29) is 5.60 Å². The normalized spacial score (nSPS) is 17.5. The first-order valence-electron chi connectivity index (χ1n) is 5.47. The summed E-state index contributed by atoms with van der Waals surface area (Å²) in [5.41, 5.74) is 6.30. The van der Waals surface area contributed by atoms with E-state index in [1.165, 1.54) is 27.8 Å². The predicted octanol–water partition coefficient (Wildman–Crippen LogP) is 3.51. The van der Waals surface area contributed by atoms with Crippen LogP contribution in [0.15, 0.2) is 0 Å². The monoisotopic (exact) mass is 203 g/mol. The molecule has 1 aromatic carbocycles. The topological polar surface area (TPSA) is 9.23 Å². The molecule has 0 fully saturated rings. The molecule has 1 aliphatic rings. The van der Waals surface area contributed by atoms with Crippen LogP contribution in [0.1, 0.15) is 41.7 Å². The van der Waals surface area contributed by atoms with Gasteiger partial charge in [-0.3, -0.25) is 0 Å². The Balaban J connectivity index is 2.69. The summed E-state index contributed by atoms with van der Waals surface area (Å²) in [4.78, 5) is 0. The zero-order valence-electron chi connectivity index (χ0n) is 10.3. The Morgan fingerprint density at radius 1 is 1.07 bits per heavy atom. The van der Waals surface area contributed by atoms with Crippen molar-refractivity contribution in [3.8, 4) is 5.75 Å². The van der Waals surface area contributed by atoms with Gasteiger partial charge in [-0.1, -0.05) is 0 Å². The first kappa shape index (κ1) is 10.5. The van der Waals surface area contributed by atoms with E-state index >= 15 is 0 Å². The molecule has 0 atom stereocenters. The highest BCUT2D eigenvalue weighted by molar-refractivity contribution is 5.57. The average molecular weight is 203 g/mol. The number of rotatable bonds is 0. The molecular formula is C14H19O. The molecule has 1 aromatic rings. The Hall–Kier alpha value is -0.980. The molecule has 1 radical (unpaired) electrons. The van der Waals surface area contributed by atoms with E-state index in [0.29, 0.717) is 0 Å². The summed E-state index contributed by atoms with van der Waals surface area (Å²) in [5.74, 6) is 1.10. The van der Waals surface area contributed by atoms with Crippen molar-refractivity contribution in [1.82, 2.24) is 0 Å². The highest BCUT2D eigenvalue weighted by Crippen LogP contribution is 2.42. The van der Waals surface area contributed by atoms with E-state index in [1.54, 1.807) is 0 Å². The van der Waals surface area contributed by atoms with E-state index in [0.717, 1.165) is 12.2 Å². The van der Waals surface area contributed by atoms with Gasteiger partial charge in [0.05, 0.1) is 0 Å². The van der Waals surface area contributed by atoms with Gasteiger partial charge in [-0.05, 0) is 63.8 Å². The number of fused-ring (bicyclic) bond motifs is 1. The highest BCUT2D eigenvalue weighted by atomic mass is 16.5. The van der Waals surface area contributed by atoms with Gasteiger partial charge in [0.25, 0.3) is 0 Å². The number of ether oxygens (including phenoxy) is 1. The quantitative estimate of drug-likeness (QED) is 0.627. The van der Waals surface area contributed by atoms with Gasteiger partial charge < -0.3 is 4.74 Å². The third-order valence-corrected chi connectivity index (χ3v) is 3.52. The van der Waals surface area contributed by atoms with Gasteiger partial charge >= 0.3 is 0 Å². The van der Waals surface area contributed by atoms with Crippen molar-refractivity contribution in [3.63, 3.8) is 0 Å². The van der Waals surface area contributed by atoms with Crippen LogP contribution in [0, 0.1) is 27.7 Å². The van der Waals surface area contributed by atoms with Crippen LogP contribution in [-0.4, -0.2) is 5.60 Å². The second-order valence-corrected chi connectivity index (χ2v) is 5.20. The molecule has 0 aliphatic carbocycles. The summed E-state index contributed by atoms with van der Waals surface area (Å²) in [7, 11) is 0. The smallest absolute Gasteiger partial charge is 0.126 e. The van der Waals surface area contributed by atoms with Crippen molar-refractivity contribution in [2.24, 2.45) is 0 Å². The summed E-state index contributed by atoms with van der Waals surface area (Å²) in [5, 5.41) is 0. The van der Waals surface area contributed by atoms with Crippen LogP contribution in [0.3, 0.4) is 0 Å². The standard InChI is InChI=1S/C14H19O/c1-8-9(2)11(4)13-12(10(8)3)7-14(5,6)15-13/h1,7H2,2-6H3. The molecule has 0 bridgehead atoms. The summed E-state index contributed by atoms with van der Waals surface area (Å²) in [6, 6.07) is 0. The lowest BCUT2D eigenvalue weighted by Gasteiger charge is -2.18. The van der Waals surface area contributed by atoms with Gasteiger partial charge in [-0.15, -0.1) is 0 Å². The maximum atomic E-state index is 6.01. The average Bonchev–Trinajstić information content (AvgIpc) is 2.48. The summed E-state index contributed by atoms with van der Waals surface area (Å²) < 4.78 is 6.01. The molecule has 0 amide bonds. The molecule has 0 saturated heterocycles. The Labute approximate surface area is 92.5 Å². The molecule has 1 nitrogen and oxygen atoms in total. The minimum absolute atomic E-state index is 0.0575. The van der Waals surface area contributed by atoms with Crippen molar-refractivity contribution in [3.05, 3.63) is 34.7 Å². The summed E-state index contributed by atoms with van der Waals surface area (Å²) >= 11 is 0. The van der Waals surface area contributed by atoms with Crippen molar-refractivity contribution in [1.29, 1.82) is 0 Å². The lowest BCUT2D eigenvalue weighted by atomic mass is 9.90. The zero-order chi connectivity index (χ0) is 11.4. The Morgan fingerprint density at radius 2 is 1.67 bits per heavy atom. The van der Waals surface area contributed by atoms with Crippen molar-refractivity contribution in [2.75, 3.05) is 0 Å². The summed E-state index contributed by atoms with van der Waals surface area (Å²) in [6.45, 7) is 14.8. The maximum Gasteiger partial charge on any atom is 0.126 e. The zero-order valence-corrected chi connectivity index (χ0v) is 10.3. The predicted molar refractivity (Wildman–Crippen MR) is 63.5 cm³/mol. The molecule has 1 aliphatic heterocycles. The molecule has 0 N–H and O–H groups in total. The van der Waals surface area contributed by atoms with Gasteiger partial charge in [0.2, 0.25) is 0 Å². The molecule has 1 heteroatoms. The SMILES string of the molecule is [CH2]c1c(C)c(C)c2c(c1C)CC(C)(C)O2. The van der Waals surface area contributed by atoms with Gasteiger partial charge in [-0.2, -0.15) is 0 Å². The van der Waals surface area contributed by atoms with E-state index < -0.39 is 0 Å². The molecule has 81 valence electrons. The van der Waals surface area contributed by atoms with Gasteiger partial charge in [0, 0.05) is 12.0 Å². The van der Waals surface area contributed by atoms with Crippen LogP contribution in [0.25, 0.3) is 0 Å². The molecule has 2 rings (SSSR count). The number of hydrogen-bond acceptors (Lipinski definition) is 1. The van der Waals surface area contributed by atoms with Crippen LogP contribution in [0.2, 0.25) is 0 Å². The van der Waals surface area contributed by atoms with Crippen LogP contribution >= 0.6 is 0 Å². The van der Waals surface area contributed by atoms with Gasteiger partial charge in [0.1, 0.15) is 11.4 Å². The lowest BCUT2D eigenvalue weighted by Crippen LogP contribution is -2.24. The highest BCUT2D eigenvalue weighted by Gasteiger charge is 2.33. The Kier molecular flexibility index (Phi) is 2.11. The van der Waals surface area contributed by atoms with Crippen molar-refractivity contribution < 1.29 is 4.74 Å². The maximum absolute atomic E-state index is 6.01. The second kappa shape index (κ2) is 3.01.